The van der Waals surface area contributed by atoms with Gasteiger partial charge < -0.3 is 24.4 Å². The van der Waals surface area contributed by atoms with Crippen molar-refractivity contribution in [1.82, 2.24) is 20.0 Å². The molecule has 1 aliphatic heterocycles. The van der Waals surface area contributed by atoms with Gasteiger partial charge in [0.15, 0.2) is 11.5 Å². The monoisotopic (exact) mass is 532 g/mol. The molecule has 2 heterocycles. The van der Waals surface area contributed by atoms with Crippen LogP contribution in [0.3, 0.4) is 0 Å². The summed E-state index contributed by atoms with van der Waals surface area (Å²) in [6.07, 6.45) is 2.33. The summed E-state index contributed by atoms with van der Waals surface area (Å²) in [5, 5.41) is 7.45. The van der Waals surface area contributed by atoms with Crippen molar-refractivity contribution in [3.05, 3.63) is 76.6 Å². The molecule has 206 valence electrons. The van der Waals surface area contributed by atoms with Crippen molar-refractivity contribution in [3.8, 4) is 11.5 Å². The second-order valence-electron chi connectivity index (χ2n) is 10.4. The SMILES string of the molecule is COc1c(CNC(=O)c2cc(C3CC3)nn2C)cccc1OCc1ccc(C(=O)N2CC(C)OC(C)C2)cc1. The fraction of sp³-hybridized carbons (Fsp3) is 0.433. The van der Waals surface area contributed by atoms with Crippen LogP contribution >= 0.6 is 0 Å². The summed E-state index contributed by atoms with van der Waals surface area (Å²) >= 11 is 0. The summed E-state index contributed by atoms with van der Waals surface area (Å²) in [4.78, 5) is 27.6. The lowest BCUT2D eigenvalue weighted by Gasteiger charge is -2.35. The molecule has 5 rings (SSSR count). The molecule has 1 saturated heterocycles. The fourth-order valence-corrected chi connectivity index (χ4v) is 5.02. The summed E-state index contributed by atoms with van der Waals surface area (Å²) in [6, 6.07) is 15.0. The third-order valence-corrected chi connectivity index (χ3v) is 7.13. The highest BCUT2D eigenvalue weighted by Crippen LogP contribution is 2.39. The molecular formula is C30H36N4O5. The van der Waals surface area contributed by atoms with Crippen LogP contribution in [0.4, 0.5) is 0 Å². The van der Waals surface area contributed by atoms with Gasteiger partial charge in [0.1, 0.15) is 12.3 Å². The van der Waals surface area contributed by atoms with Gasteiger partial charge in [-0.2, -0.15) is 5.10 Å². The Bertz CT molecular complexity index is 1320. The first-order valence-electron chi connectivity index (χ1n) is 13.5. The molecule has 2 fully saturated rings. The van der Waals surface area contributed by atoms with Crippen molar-refractivity contribution in [2.45, 2.75) is 58.0 Å². The Morgan fingerprint density at radius 1 is 1.08 bits per heavy atom. The first kappa shape index (κ1) is 26.7. The first-order chi connectivity index (χ1) is 18.8. The number of amides is 2. The van der Waals surface area contributed by atoms with Gasteiger partial charge in [0.2, 0.25) is 0 Å². The van der Waals surface area contributed by atoms with Crippen molar-refractivity contribution >= 4 is 11.8 Å². The summed E-state index contributed by atoms with van der Waals surface area (Å²) in [5.74, 6) is 1.47. The molecule has 0 bridgehead atoms. The lowest BCUT2D eigenvalue weighted by atomic mass is 10.1. The number of ether oxygens (including phenoxy) is 3. The van der Waals surface area contributed by atoms with Crippen molar-refractivity contribution in [3.63, 3.8) is 0 Å². The van der Waals surface area contributed by atoms with Crippen molar-refractivity contribution in [1.29, 1.82) is 0 Å². The number of hydrogen-bond acceptors (Lipinski definition) is 6. The summed E-state index contributed by atoms with van der Waals surface area (Å²) < 4.78 is 19.1. The molecule has 2 amide bonds. The molecule has 0 radical (unpaired) electrons. The zero-order valence-corrected chi connectivity index (χ0v) is 23.0. The number of rotatable bonds is 9. The molecule has 1 aliphatic carbocycles. The van der Waals surface area contributed by atoms with Crippen LogP contribution in [0.5, 0.6) is 11.5 Å². The number of aromatic nitrogens is 2. The number of carbonyl (C=O) groups is 2. The van der Waals surface area contributed by atoms with E-state index in [0.717, 1.165) is 29.7 Å². The van der Waals surface area contributed by atoms with Gasteiger partial charge in [0.05, 0.1) is 25.0 Å². The van der Waals surface area contributed by atoms with E-state index in [-0.39, 0.29) is 24.0 Å². The van der Waals surface area contributed by atoms with Crippen LogP contribution in [0, 0.1) is 0 Å². The minimum absolute atomic E-state index is 0.00997. The van der Waals surface area contributed by atoms with Crippen LogP contribution in [-0.4, -0.2) is 58.9 Å². The van der Waals surface area contributed by atoms with E-state index < -0.39 is 0 Å². The molecule has 2 aromatic carbocycles. The molecule has 2 atom stereocenters. The Morgan fingerprint density at radius 3 is 2.46 bits per heavy atom. The molecule has 2 aliphatic rings. The average Bonchev–Trinajstić information content (AvgIpc) is 3.71. The lowest BCUT2D eigenvalue weighted by Crippen LogP contribution is -2.48. The number of para-hydroxylation sites is 1. The molecule has 9 heteroatoms. The van der Waals surface area contributed by atoms with E-state index in [9.17, 15) is 9.59 Å². The maximum atomic E-state index is 12.9. The zero-order chi connectivity index (χ0) is 27.5. The van der Waals surface area contributed by atoms with Gasteiger partial charge >= 0.3 is 0 Å². The van der Waals surface area contributed by atoms with E-state index in [0.29, 0.717) is 54.9 Å². The highest BCUT2D eigenvalue weighted by Gasteiger charge is 2.28. The summed E-state index contributed by atoms with van der Waals surface area (Å²) in [5.41, 5.74) is 3.91. The van der Waals surface area contributed by atoms with Crippen LogP contribution < -0.4 is 14.8 Å². The second kappa shape index (κ2) is 11.5. The van der Waals surface area contributed by atoms with E-state index in [4.69, 9.17) is 14.2 Å². The first-order valence-corrected chi connectivity index (χ1v) is 13.5. The molecule has 2 unspecified atom stereocenters. The molecular weight excluding hydrogens is 496 g/mol. The second-order valence-corrected chi connectivity index (χ2v) is 10.4. The predicted molar refractivity (Wildman–Crippen MR) is 146 cm³/mol. The molecule has 1 saturated carbocycles. The molecule has 0 spiro atoms. The Labute approximate surface area is 229 Å². The van der Waals surface area contributed by atoms with E-state index in [2.05, 4.69) is 10.4 Å². The van der Waals surface area contributed by atoms with Crippen LogP contribution in [0.2, 0.25) is 0 Å². The van der Waals surface area contributed by atoms with Crippen LogP contribution in [-0.2, 0) is 24.9 Å². The predicted octanol–water partition coefficient (Wildman–Crippen LogP) is 4.06. The van der Waals surface area contributed by atoms with Gasteiger partial charge in [0.25, 0.3) is 11.8 Å². The third kappa shape index (κ3) is 6.25. The largest absolute Gasteiger partial charge is 0.493 e. The number of nitrogens with zero attached hydrogens (tertiary/aromatic N) is 3. The number of morpholine rings is 1. The van der Waals surface area contributed by atoms with Gasteiger partial charge in [-0.3, -0.25) is 14.3 Å². The molecule has 39 heavy (non-hydrogen) atoms. The summed E-state index contributed by atoms with van der Waals surface area (Å²) in [6.45, 7) is 5.75. The topological polar surface area (TPSA) is 94.9 Å². The van der Waals surface area contributed by atoms with E-state index in [1.165, 1.54) is 0 Å². The van der Waals surface area contributed by atoms with E-state index in [1.54, 1.807) is 18.8 Å². The number of hydrogen-bond donors (Lipinski definition) is 1. The van der Waals surface area contributed by atoms with E-state index >= 15 is 0 Å². The smallest absolute Gasteiger partial charge is 0.269 e. The van der Waals surface area contributed by atoms with Gasteiger partial charge in [0, 0.05) is 43.7 Å². The average molecular weight is 533 g/mol. The highest BCUT2D eigenvalue weighted by molar-refractivity contribution is 5.94. The van der Waals surface area contributed by atoms with E-state index in [1.807, 2.05) is 67.3 Å². The molecule has 3 aromatic rings. The lowest BCUT2D eigenvalue weighted by molar-refractivity contribution is -0.0586. The Balaban J connectivity index is 1.19. The highest BCUT2D eigenvalue weighted by atomic mass is 16.5. The van der Waals surface area contributed by atoms with Crippen LogP contribution in [0.1, 0.15) is 70.3 Å². The standard InChI is InChI=1S/C30H36N4O5/c1-19-16-34(17-20(2)39-19)30(36)23-10-8-21(9-11-23)18-38-27-7-5-6-24(28(27)37-4)15-31-29(35)26-14-25(22-12-13-22)32-33(26)3/h5-11,14,19-20,22H,12-13,15-18H2,1-4H3,(H,31,35). The summed E-state index contributed by atoms with van der Waals surface area (Å²) in [7, 11) is 3.38. The quantitative estimate of drug-likeness (QED) is 0.447. The zero-order valence-electron chi connectivity index (χ0n) is 23.0. The van der Waals surface area contributed by atoms with Crippen molar-refractivity contribution < 1.29 is 23.8 Å². The van der Waals surface area contributed by atoms with Crippen molar-refractivity contribution in [2.75, 3.05) is 20.2 Å². The molecule has 9 nitrogen and oxygen atoms in total. The van der Waals surface area contributed by atoms with Crippen molar-refractivity contribution in [2.24, 2.45) is 7.05 Å². The maximum absolute atomic E-state index is 12.9. The fourth-order valence-electron chi connectivity index (χ4n) is 5.02. The van der Waals surface area contributed by atoms with Crippen LogP contribution in [0.15, 0.2) is 48.5 Å². The molecule has 1 aromatic heterocycles. The maximum Gasteiger partial charge on any atom is 0.269 e. The number of nitrogens with one attached hydrogen (secondary N) is 1. The third-order valence-electron chi connectivity index (χ3n) is 7.13. The van der Waals surface area contributed by atoms with Gasteiger partial charge in [-0.1, -0.05) is 24.3 Å². The van der Waals surface area contributed by atoms with Gasteiger partial charge in [-0.15, -0.1) is 0 Å². The number of benzene rings is 2. The minimum atomic E-state index is -0.180. The Hall–Kier alpha value is -3.85. The molecule has 1 N–H and O–H groups in total. The van der Waals surface area contributed by atoms with Gasteiger partial charge in [-0.25, -0.2) is 0 Å². The number of methoxy groups -OCH3 is 1. The minimum Gasteiger partial charge on any atom is -0.493 e. The van der Waals surface area contributed by atoms with Crippen LogP contribution in [0.25, 0.3) is 0 Å². The van der Waals surface area contributed by atoms with Gasteiger partial charge in [-0.05, 0) is 56.5 Å². The Morgan fingerprint density at radius 2 is 1.79 bits per heavy atom. The number of aryl methyl sites for hydroxylation is 1. The number of carbonyl (C=O) groups excluding carboxylic acids is 2. The normalized spacial score (nSPS) is 19.0. The Kier molecular flexibility index (Phi) is 7.88.